The summed E-state index contributed by atoms with van der Waals surface area (Å²) in [5.74, 6) is 0. The summed E-state index contributed by atoms with van der Waals surface area (Å²) in [6.45, 7) is 0.489. The highest BCUT2D eigenvalue weighted by atomic mass is 16.3. The molecule has 3 heteroatoms. The second kappa shape index (κ2) is 3.64. The molecule has 0 saturated carbocycles. The van der Waals surface area contributed by atoms with E-state index < -0.39 is 0 Å². The van der Waals surface area contributed by atoms with Crippen LogP contribution in [0, 0.1) is 0 Å². The fourth-order valence-corrected chi connectivity index (χ4v) is 0.666. The van der Waals surface area contributed by atoms with Crippen molar-refractivity contribution in [3.63, 3.8) is 0 Å². The van der Waals surface area contributed by atoms with E-state index in [1.807, 2.05) is 6.07 Å². The van der Waals surface area contributed by atoms with Crippen molar-refractivity contribution in [2.45, 2.75) is 6.42 Å². The summed E-state index contributed by atoms with van der Waals surface area (Å²) in [6.07, 6.45) is 5.45. The predicted molar refractivity (Wildman–Crippen MR) is 35.4 cm³/mol. The molecular formula is C7H7NO2. The van der Waals surface area contributed by atoms with E-state index in [2.05, 4.69) is 4.99 Å². The van der Waals surface area contributed by atoms with Crippen molar-refractivity contribution in [1.29, 1.82) is 0 Å². The first-order valence-corrected chi connectivity index (χ1v) is 2.98. The Labute approximate surface area is 58.4 Å². The molecule has 0 saturated heterocycles. The third-order valence-electron chi connectivity index (χ3n) is 1.16. The predicted octanol–water partition coefficient (Wildman–Crippen LogP) is 1.16. The van der Waals surface area contributed by atoms with E-state index in [4.69, 9.17) is 4.42 Å². The molecule has 10 heavy (non-hydrogen) atoms. The van der Waals surface area contributed by atoms with Crippen molar-refractivity contribution in [1.82, 2.24) is 0 Å². The zero-order valence-electron chi connectivity index (χ0n) is 5.41. The molecule has 0 aliphatic carbocycles. The minimum atomic E-state index is 0.489. The van der Waals surface area contributed by atoms with E-state index in [9.17, 15) is 4.79 Å². The van der Waals surface area contributed by atoms with Crippen LogP contribution in [0.5, 0.6) is 0 Å². The molecule has 0 unspecified atom stereocenters. The van der Waals surface area contributed by atoms with Gasteiger partial charge in [-0.1, -0.05) is 0 Å². The summed E-state index contributed by atoms with van der Waals surface area (Å²) < 4.78 is 4.80. The van der Waals surface area contributed by atoms with Gasteiger partial charge in [0.05, 0.1) is 19.1 Å². The van der Waals surface area contributed by atoms with Gasteiger partial charge in [0.1, 0.15) is 0 Å². The largest absolute Gasteiger partial charge is 0.472 e. The van der Waals surface area contributed by atoms with Crippen molar-refractivity contribution in [3.05, 3.63) is 24.2 Å². The summed E-state index contributed by atoms with van der Waals surface area (Å²) in [5, 5.41) is 0. The van der Waals surface area contributed by atoms with Crippen LogP contribution in [0.15, 0.2) is 28.0 Å². The average Bonchev–Trinajstić information content (AvgIpc) is 2.41. The number of carbonyl (C=O) groups excluding carboxylic acids is 1. The molecule has 0 N–H and O–H groups in total. The maximum Gasteiger partial charge on any atom is 0.234 e. The maximum atomic E-state index is 9.62. The molecule has 1 aromatic rings. The smallest absolute Gasteiger partial charge is 0.234 e. The molecule has 1 heterocycles. The van der Waals surface area contributed by atoms with Crippen LogP contribution < -0.4 is 0 Å². The maximum absolute atomic E-state index is 9.62. The molecule has 0 aromatic carbocycles. The normalized spacial score (nSPS) is 8.80. The van der Waals surface area contributed by atoms with Crippen LogP contribution in [0.25, 0.3) is 0 Å². The Morgan fingerprint density at radius 1 is 1.70 bits per heavy atom. The Morgan fingerprint density at radius 2 is 2.60 bits per heavy atom. The molecule has 0 aliphatic rings. The molecule has 52 valence electrons. The first kappa shape index (κ1) is 6.78. The standard InChI is InChI=1S/C7H7NO2/c9-6-8-3-1-7-2-4-10-5-7/h2,4-5H,1,3H2. The summed E-state index contributed by atoms with van der Waals surface area (Å²) in [5.41, 5.74) is 1.05. The van der Waals surface area contributed by atoms with E-state index in [1.54, 1.807) is 12.5 Å². The van der Waals surface area contributed by atoms with Gasteiger partial charge in [0.2, 0.25) is 6.08 Å². The lowest BCUT2D eigenvalue weighted by molar-refractivity contribution is 0.560. The van der Waals surface area contributed by atoms with Crippen LogP contribution in [0.4, 0.5) is 0 Å². The number of nitrogens with zero attached hydrogens (tertiary/aromatic N) is 1. The Morgan fingerprint density at radius 3 is 3.20 bits per heavy atom. The monoisotopic (exact) mass is 137 g/mol. The second-order valence-corrected chi connectivity index (χ2v) is 1.85. The lowest BCUT2D eigenvalue weighted by Crippen LogP contribution is -1.84. The molecule has 0 atom stereocenters. The third kappa shape index (κ3) is 1.88. The van der Waals surface area contributed by atoms with Gasteiger partial charge in [-0.15, -0.1) is 0 Å². The summed E-state index contributed by atoms with van der Waals surface area (Å²) in [7, 11) is 0. The number of aliphatic imine (C=N–C) groups is 1. The number of hydrogen-bond acceptors (Lipinski definition) is 3. The lowest BCUT2D eigenvalue weighted by Gasteiger charge is -1.85. The Kier molecular flexibility index (Phi) is 2.47. The van der Waals surface area contributed by atoms with Crippen LogP contribution in [0.3, 0.4) is 0 Å². The van der Waals surface area contributed by atoms with Gasteiger partial charge < -0.3 is 4.42 Å². The number of furan rings is 1. The lowest BCUT2D eigenvalue weighted by atomic mass is 10.2. The molecule has 0 fully saturated rings. The van der Waals surface area contributed by atoms with Crippen molar-refractivity contribution < 1.29 is 9.21 Å². The molecule has 3 nitrogen and oxygen atoms in total. The topological polar surface area (TPSA) is 42.6 Å². The van der Waals surface area contributed by atoms with E-state index in [1.165, 1.54) is 6.08 Å². The molecule has 0 radical (unpaired) electrons. The van der Waals surface area contributed by atoms with Crippen molar-refractivity contribution in [2.24, 2.45) is 4.99 Å². The van der Waals surface area contributed by atoms with Gasteiger partial charge in [0.25, 0.3) is 0 Å². The van der Waals surface area contributed by atoms with Crippen LogP contribution in [-0.4, -0.2) is 12.6 Å². The van der Waals surface area contributed by atoms with Crippen LogP contribution >= 0.6 is 0 Å². The second-order valence-electron chi connectivity index (χ2n) is 1.85. The SMILES string of the molecule is O=C=NCCc1ccoc1. The zero-order chi connectivity index (χ0) is 7.23. The zero-order valence-corrected chi connectivity index (χ0v) is 5.41. The highest BCUT2D eigenvalue weighted by Crippen LogP contribution is 1.99. The molecule has 0 bridgehead atoms. The summed E-state index contributed by atoms with van der Waals surface area (Å²) in [4.78, 5) is 13.0. The molecule has 0 aliphatic heterocycles. The van der Waals surface area contributed by atoms with Gasteiger partial charge in [0, 0.05) is 0 Å². The van der Waals surface area contributed by atoms with Gasteiger partial charge in [-0.05, 0) is 18.1 Å². The fourth-order valence-electron chi connectivity index (χ4n) is 0.666. The first-order chi connectivity index (χ1) is 4.93. The highest BCUT2D eigenvalue weighted by molar-refractivity contribution is 5.32. The number of rotatable bonds is 3. The van der Waals surface area contributed by atoms with Gasteiger partial charge in [-0.3, -0.25) is 0 Å². The summed E-state index contributed by atoms with van der Waals surface area (Å²) >= 11 is 0. The molecule has 1 rings (SSSR count). The third-order valence-corrected chi connectivity index (χ3v) is 1.16. The Balaban J connectivity index is 2.34. The molecule has 0 spiro atoms. The average molecular weight is 137 g/mol. The van der Waals surface area contributed by atoms with E-state index in [0.717, 1.165) is 12.0 Å². The Bertz CT molecular complexity index is 222. The van der Waals surface area contributed by atoms with Gasteiger partial charge in [-0.25, -0.2) is 9.79 Å². The van der Waals surface area contributed by atoms with E-state index in [0.29, 0.717) is 6.54 Å². The minimum Gasteiger partial charge on any atom is -0.472 e. The number of hydrogen-bond donors (Lipinski definition) is 0. The van der Waals surface area contributed by atoms with E-state index >= 15 is 0 Å². The summed E-state index contributed by atoms with van der Waals surface area (Å²) in [6, 6.07) is 1.85. The van der Waals surface area contributed by atoms with Crippen molar-refractivity contribution >= 4 is 6.08 Å². The van der Waals surface area contributed by atoms with Gasteiger partial charge in [-0.2, -0.15) is 0 Å². The van der Waals surface area contributed by atoms with Crippen LogP contribution in [0.2, 0.25) is 0 Å². The number of isocyanates is 1. The van der Waals surface area contributed by atoms with Gasteiger partial charge >= 0.3 is 0 Å². The fraction of sp³-hybridized carbons (Fsp3) is 0.286. The van der Waals surface area contributed by atoms with Gasteiger partial charge in [0.15, 0.2) is 0 Å². The van der Waals surface area contributed by atoms with Crippen molar-refractivity contribution in [2.75, 3.05) is 6.54 Å². The first-order valence-electron chi connectivity index (χ1n) is 2.98. The molecule has 0 amide bonds. The Hall–Kier alpha value is -1.34. The van der Waals surface area contributed by atoms with Crippen LogP contribution in [-0.2, 0) is 11.2 Å². The van der Waals surface area contributed by atoms with E-state index in [-0.39, 0.29) is 0 Å². The minimum absolute atomic E-state index is 0.489. The molecule has 1 aromatic heterocycles. The quantitative estimate of drug-likeness (QED) is 0.463. The van der Waals surface area contributed by atoms with Crippen LogP contribution in [0.1, 0.15) is 5.56 Å². The highest BCUT2D eigenvalue weighted by Gasteiger charge is 1.90. The van der Waals surface area contributed by atoms with Crippen molar-refractivity contribution in [3.8, 4) is 0 Å². The molecular weight excluding hydrogens is 130 g/mol.